The lowest BCUT2D eigenvalue weighted by molar-refractivity contribution is -0.117. The zero-order valence-electron chi connectivity index (χ0n) is 9.29. The first-order valence-electron chi connectivity index (χ1n) is 5.50. The molecule has 1 fully saturated rings. The topological polar surface area (TPSA) is 61.4 Å². The molecule has 1 aromatic carbocycles. The fourth-order valence-corrected chi connectivity index (χ4v) is 1.87. The van der Waals surface area contributed by atoms with Gasteiger partial charge in [0.25, 0.3) is 0 Å². The highest BCUT2D eigenvalue weighted by Crippen LogP contribution is 2.20. The molecule has 0 saturated carbocycles. The summed E-state index contributed by atoms with van der Waals surface area (Å²) in [5, 5.41) is 15.3. The van der Waals surface area contributed by atoms with Gasteiger partial charge in [0.2, 0.25) is 5.91 Å². The number of carbonyl (C=O) groups is 1. The summed E-state index contributed by atoms with van der Waals surface area (Å²) >= 11 is 0. The van der Waals surface area contributed by atoms with Crippen molar-refractivity contribution >= 4 is 11.6 Å². The smallest absolute Gasteiger partial charge is 0.241 e. The molecule has 4 nitrogen and oxygen atoms in total. The van der Waals surface area contributed by atoms with E-state index < -0.39 is 0 Å². The standard InChI is InChI=1S/C12H16N2O2/c1-8-7-9(4-5-11(8)15)14-12(16)10-3-2-6-13-10/h4-5,7,10,13,15H,2-3,6H2,1H3,(H,14,16)/t10-/m0/s1. The molecule has 1 aliphatic rings. The minimum absolute atomic E-state index is 0.00240. The van der Waals surface area contributed by atoms with E-state index in [4.69, 9.17) is 0 Å². The summed E-state index contributed by atoms with van der Waals surface area (Å²) in [5.74, 6) is 0.250. The van der Waals surface area contributed by atoms with Gasteiger partial charge in [0.1, 0.15) is 5.75 Å². The van der Waals surface area contributed by atoms with Gasteiger partial charge in [-0.25, -0.2) is 0 Å². The molecule has 1 saturated heterocycles. The Hall–Kier alpha value is -1.55. The van der Waals surface area contributed by atoms with Crippen molar-refractivity contribution in [3.63, 3.8) is 0 Å². The van der Waals surface area contributed by atoms with E-state index in [1.165, 1.54) is 0 Å². The fourth-order valence-electron chi connectivity index (χ4n) is 1.87. The molecule has 86 valence electrons. The number of benzene rings is 1. The molecule has 3 N–H and O–H groups in total. The number of rotatable bonds is 2. The lowest BCUT2D eigenvalue weighted by Gasteiger charge is -2.11. The van der Waals surface area contributed by atoms with Crippen molar-refractivity contribution in [1.29, 1.82) is 0 Å². The van der Waals surface area contributed by atoms with E-state index in [0.717, 1.165) is 30.6 Å². The molecule has 1 atom stereocenters. The molecule has 4 heteroatoms. The molecule has 16 heavy (non-hydrogen) atoms. The second-order valence-electron chi connectivity index (χ2n) is 4.14. The summed E-state index contributed by atoms with van der Waals surface area (Å²) in [5.41, 5.74) is 1.49. The number of anilines is 1. The van der Waals surface area contributed by atoms with Crippen LogP contribution in [0.4, 0.5) is 5.69 Å². The normalized spacial score (nSPS) is 19.7. The first kappa shape index (κ1) is 11.0. The molecule has 1 amide bonds. The third-order valence-corrected chi connectivity index (χ3v) is 2.84. The van der Waals surface area contributed by atoms with Crippen LogP contribution < -0.4 is 10.6 Å². The lowest BCUT2D eigenvalue weighted by Crippen LogP contribution is -2.35. The number of nitrogens with one attached hydrogen (secondary N) is 2. The molecule has 1 heterocycles. The Labute approximate surface area is 94.7 Å². The summed E-state index contributed by atoms with van der Waals surface area (Å²) in [6, 6.07) is 4.99. The SMILES string of the molecule is Cc1cc(NC(=O)[C@@H]2CCCN2)ccc1O. The van der Waals surface area contributed by atoms with Gasteiger partial charge in [-0.15, -0.1) is 0 Å². The largest absolute Gasteiger partial charge is 0.508 e. The first-order chi connectivity index (χ1) is 7.66. The van der Waals surface area contributed by atoms with Gasteiger partial charge in [-0.1, -0.05) is 0 Å². The third-order valence-electron chi connectivity index (χ3n) is 2.84. The zero-order chi connectivity index (χ0) is 11.5. The quantitative estimate of drug-likeness (QED) is 0.660. The fraction of sp³-hybridized carbons (Fsp3) is 0.417. The van der Waals surface area contributed by atoms with Crippen molar-refractivity contribution in [2.75, 3.05) is 11.9 Å². The van der Waals surface area contributed by atoms with E-state index in [-0.39, 0.29) is 17.7 Å². The van der Waals surface area contributed by atoms with Crippen molar-refractivity contribution in [2.24, 2.45) is 0 Å². The summed E-state index contributed by atoms with van der Waals surface area (Å²) in [7, 11) is 0. The molecular weight excluding hydrogens is 204 g/mol. The van der Waals surface area contributed by atoms with Crippen molar-refractivity contribution in [3.8, 4) is 5.75 Å². The summed E-state index contributed by atoms with van der Waals surface area (Å²) in [6.07, 6.45) is 1.94. The minimum atomic E-state index is -0.0749. The second-order valence-corrected chi connectivity index (χ2v) is 4.14. The maximum atomic E-state index is 11.8. The van der Waals surface area contributed by atoms with Crippen LogP contribution >= 0.6 is 0 Å². The summed E-state index contributed by atoms with van der Waals surface area (Å²) in [6.45, 7) is 2.71. The van der Waals surface area contributed by atoms with E-state index in [0.29, 0.717) is 0 Å². The van der Waals surface area contributed by atoms with Gasteiger partial charge >= 0.3 is 0 Å². The molecule has 0 radical (unpaired) electrons. The second kappa shape index (κ2) is 4.53. The molecule has 0 bridgehead atoms. The predicted octanol–water partition coefficient (Wildman–Crippen LogP) is 1.39. The molecule has 0 aliphatic carbocycles. The maximum Gasteiger partial charge on any atom is 0.241 e. The van der Waals surface area contributed by atoms with Gasteiger partial charge in [0.15, 0.2) is 0 Å². The van der Waals surface area contributed by atoms with Crippen LogP contribution in [-0.4, -0.2) is 23.6 Å². The molecule has 0 unspecified atom stereocenters. The van der Waals surface area contributed by atoms with E-state index in [9.17, 15) is 9.90 Å². The van der Waals surface area contributed by atoms with Crippen LogP contribution in [0.3, 0.4) is 0 Å². The molecule has 1 aliphatic heterocycles. The Kier molecular flexibility index (Phi) is 3.10. The van der Waals surface area contributed by atoms with E-state index >= 15 is 0 Å². The van der Waals surface area contributed by atoms with Crippen LogP contribution in [0.1, 0.15) is 18.4 Å². The van der Waals surface area contributed by atoms with Crippen LogP contribution in [0.2, 0.25) is 0 Å². The van der Waals surface area contributed by atoms with Crippen LogP contribution in [0.5, 0.6) is 5.75 Å². The van der Waals surface area contributed by atoms with Gasteiger partial charge in [-0.05, 0) is 50.1 Å². The van der Waals surface area contributed by atoms with Gasteiger partial charge in [0.05, 0.1) is 6.04 Å². The average molecular weight is 220 g/mol. The molecular formula is C12H16N2O2. The summed E-state index contributed by atoms with van der Waals surface area (Å²) in [4.78, 5) is 11.8. The minimum Gasteiger partial charge on any atom is -0.508 e. The zero-order valence-corrected chi connectivity index (χ0v) is 9.29. The van der Waals surface area contributed by atoms with Crippen LogP contribution in [-0.2, 0) is 4.79 Å². The van der Waals surface area contributed by atoms with E-state index in [1.807, 2.05) is 0 Å². The van der Waals surface area contributed by atoms with Crippen LogP contribution in [0.25, 0.3) is 0 Å². The van der Waals surface area contributed by atoms with Gasteiger partial charge in [-0.2, -0.15) is 0 Å². The Balaban J connectivity index is 2.02. The van der Waals surface area contributed by atoms with Crippen molar-refractivity contribution in [3.05, 3.63) is 23.8 Å². The predicted molar refractivity (Wildman–Crippen MR) is 62.5 cm³/mol. The number of hydrogen-bond donors (Lipinski definition) is 3. The molecule has 1 aromatic rings. The van der Waals surface area contributed by atoms with Gasteiger partial charge in [-0.3, -0.25) is 4.79 Å². The maximum absolute atomic E-state index is 11.8. The number of carbonyl (C=O) groups excluding carboxylic acids is 1. The highest BCUT2D eigenvalue weighted by Gasteiger charge is 2.21. The highest BCUT2D eigenvalue weighted by molar-refractivity contribution is 5.95. The Morgan fingerprint density at radius 3 is 3.00 bits per heavy atom. The number of phenols is 1. The van der Waals surface area contributed by atoms with Crippen molar-refractivity contribution in [2.45, 2.75) is 25.8 Å². The number of aryl methyl sites for hydroxylation is 1. The van der Waals surface area contributed by atoms with E-state index in [1.54, 1.807) is 25.1 Å². The molecule has 0 spiro atoms. The third kappa shape index (κ3) is 2.33. The Bertz CT molecular complexity index is 398. The average Bonchev–Trinajstić information content (AvgIpc) is 2.77. The molecule has 2 rings (SSSR count). The summed E-state index contributed by atoms with van der Waals surface area (Å²) < 4.78 is 0. The van der Waals surface area contributed by atoms with Crippen LogP contribution in [0.15, 0.2) is 18.2 Å². The number of hydrogen-bond acceptors (Lipinski definition) is 3. The first-order valence-corrected chi connectivity index (χ1v) is 5.50. The monoisotopic (exact) mass is 220 g/mol. The number of amides is 1. The highest BCUT2D eigenvalue weighted by atomic mass is 16.3. The van der Waals surface area contributed by atoms with Gasteiger partial charge < -0.3 is 15.7 Å². The number of aromatic hydroxyl groups is 1. The van der Waals surface area contributed by atoms with Gasteiger partial charge in [0, 0.05) is 5.69 Å². The van der Waals surface area contributed by atoms with E-state index in [2.05, 4.69) is 10.6 Å². The number of phenolic OH excluding ortho intramolecular Hbond substituents is 1. The van der Waals surface area contributed by atoms with Crippen molar-refractivity contribution < 1.29 is 9.90 Å². The lowest BCUT2D eigenvalue weighted by atomic mass is 10.2. The van der Waals surface area contributed by atoms with Crippen molar-refractivity contribution in [1.82, 2.24) is 5.32 Å². The Morgan fingerprint density at radius 1 is 1.56 bits per heavy atom. The molecule has 0 aromatic heterocycles. The van der Waals surface area contributed by atoms with Crippen LogP contribution in [0, 0.1) is 6.92 Å². The Morgan fingerprint density at radius 2 is 2.38 bits per heavy atom.